The molecule has 0 aromatic carbocycles. The molecule has 0 saturated carbocycles. The molecule has 0 spiro atoms. The van der Waals surface area contributed by atoms with Gasteiger partial charge in [-0.2, -0.15) is 0 Å². The number of hydrogen-bond donors (Lipinski definition) is 1. The SMILES string of the molecule is O=Cc1sc(Br)c2c1CCCNC2=O. The lowest BCUT2D eigenvalue weighted by Gasteiger charge is -1.98. The van der Waals surface area contributed by atoms with Gasteiger partial charge in [-0.1, -0.05) is 0 Å². The molecular weight excluding hydrogens is 266 g/mol. The smallest absolute Gasteiger partial charge is 0.253 e. The highest BCUT2D eigenvalue weighted by Gasteiger charge is 2.23. The first-order chi connectivity index (χ1) is 6.74. The number of carbonyl (C=O) groups excluding carboxylic acids is 2. The van der Waals surface area contributed by atoms with Gasteiger partial charge in [-0.3, -0.25) is 9.59 Å². The minimum absolute atomic E-state index is 0.0753. The second-order valence-electron chi connectivity index (χ2n) is 3.07. The van der Waals surface area contributed by atoms with Crippen molar-refractivity contribution in [3.63, 3.8) is 0 Å². The highest BCUT2D eigenvalue weighted by atomic mass is 79.9. The number of carbonyl (C=O) groups is 2. The van der Waals surface area contributed by atoms with Crippen molar-refractivity contribution in [2.24, 2.45) is 0 Å². The fourth-order valence-electron chi connectivity index (χ4n) is 1.58. The van der Waals surface area contributed by atoms with Crippen molar-refractivity contribution in [3.05, 3.63) is 19.8 Å². The van der Waals surface area contributed by atoms with Crippen LogP contribution in [0, 0.1) is 0 Å². The van der Waals surface area contributed by atoms with E-state index in [1.807, 2.05) is 0 Å². The molecule has 1 N–H and O–H groups in total. The van der Waals surface area contributed by atoms with Gasteiger partial charge in [-0.25, -0.2) is 0 Å². The topological polar surface area (TPSA) is 46.2 Å². The number of fused-ring (bicyclic) bond motifs is 1. The molecule has 0 unspecified atom stereocenters. The van der Waals surface area contributed by atoms with Crippen LogP contribution in [0.15, 0.2) is 3.79 Å². The van der Waals surface area contributed by atoms with E-state index in [0.717, 1.165) is 28.5 Å². The Morgan fingerprint density at radius 1 is 1.50 bits per heavy atom. The number of rotatable bonds is 1. The summed E-state index contributed by atoms with van der Waals surface area (Å²) in [6, 6.07) is 0. The Morgan fingerprint density at radius 3 is 3.00 bits per heavy atom. The normalized spacial score (nSPS) is 15.6. The van der Waals surface area contributed by atoms with Crippen LogP contribution in [-0.2, 0) is 6.42 Å². The zero-order valence-electron chi connectivity index (χ0n) is 7.30. The van der Waals surface area contributed by atoms with Crippen LogP contribution in [0.25, 0.3) is 0 Å². The summed E-state index contributed by atoms with van der Waals surface area (Å²) in [7, 11) is 0. The van der Waals surface area contributed by atoms with Crippen LogP contribution in [-0.4, -0.2) is 18.7 Å². The van der Waals surface area contributed by atoms with Crippen molar-refractivity contribution in [1.82, 2.24) is 5.32 Å². The zero-order chi connectivity index (χ0) is 10.1. The summed E-state index contributed by atoms with van der Waals surface area (Å²) < 4.78 is 0.758. The molecule has 0 fully saturated rings. The minimum Gasteiger partial charge on any atom is -0.352 e. The van der Waals surface area contributed by atoms with Gasteiger partial charge in [0.15, 0.2) is 6.29 Å². The molecule has 1 aliphatic rings. The average molecular weight is 274 g/mol. The summed E-state index contributed by atoms with van der Waals surface area (Å²) in [5.74, 6) is -0.0753. The van der Waals surface area contributed by atoms with Crippen LogP contribution in [0.5, 0.6) is 0 Å². The van der Waals surface area contributed by atoms with Crippen LogP contribution in [0.1, 0.15) is 32.0 Å². The molecule has 0 saturated heterocycles. The van der Waals surface area contributed by atoms with Gasteiger partial charge < -0.3 is 5.32 Å². The summed E-state index contributed by atoms with van der Waals surface area (Å²) in [5, 5.41) is 2.80. The predicted octanol–water partition coefficient (Wildman–Crippen LogP) is 2.00. The number of aldehydes is 1. The molecule has 2 rings (SSSR count). The Kier molecular flexibility index (Phi) is 2.69. The third kappa shape index (κ3) is 1.50. The first-order valence-electron chi connectivity index (χ1n) is 4.28. The van der Waals surface area contributed by atoms with E-state index in [1.165, 1.54) is 11.3 Å². The van der Waals surface area contributed by atoms with Gasteiger partial charge in [0.05, 0.1) is 14.2 Å². The van der Waals surface area contributed by atoms with Gasteiger partial charge in [0.1, 0.15) is 0 Å². The first-order valence-corrected chi connectivity index (χ1v) is 5.89. The van der Waals surface area contributed by atoms with E-state index in [1.54, 1.807) is 0 Å². The van der Waals surface area contributed by atoms with E-state index in [4.69, 9.17) is 0 Å². The molecule has 1 aromatic heterocycles. The maximum absolute atomic E-state index is 11.6. The average Bonchev–Trinajstić information content (AvgIpc) is 2.35. The second kappa shape index (κ2) is 3.82. The first kappa shape index (κ1) is 9.86. The van der Waals surface area contributed by atoms with Crippen LogP contribution in [0.4, 0.5) is 0 Å². The molecule has 14 heavy (non-hydrogen) atoms. The molecule has 74 valence electrons. The molecule has 5 heteroatoms. The van der Waals surface area contributed by atoms with Gasteiger partial charge in [0.25, 0.3) is 5.91 Å². The monoisotopic (exact) mass is 273 g/mol. The van der Waals surface area contributed by atoms with Gasteiger partial charge in [-0.05, 0) is 34.3 Å². The van der Waals surface area contributed by atoms with E-state index in [-0.39, 0.29) is 5.91 Å². The summed E-state index contributed by atoms with van der Waals surface area (Å²) in [5.41, 5.74) is 1.54. The van der Waals surface area contributed by atoms with Crippen LogP contribution in [0.2, 0.25) is 0 Å². The Hall–Kier alpha value is -0.680. The molecule has 1 amide bonds. The molecule has 1 aliphatic heterocycles. The van der Waals surface area contributed by atoms with Crippen molar-refractivity contribution in [2.75, 3.05) is 6.54 Å². The van der Waals surface area contributed by atoms with E-state index in [9.17, 15) is 9.59 Å². The largest absolute Gasteiger partial charge is 0.352 e. The summed E-state index contributed by atoms with van der Waals surface area (Å²) in [4.78, 5) is 23.0. The predicted molar refractivity (Wildman–Crippen MR) is 58.1 cm³/mol. The van der Waals surface area contributed by atoms with Crippen molar-refractivity contribution >= 4 is 39.5 Å². The quantitative estimate of drug-likeness (QED) is 0.796. The maximum atomic E-state index is 11.6. The molecule has 3 nitrogen and oxygen atoms in total. The number of hydrogen-bond acceptors (Lipinski definition) is 3. The second-order valence-corrected chi connectivity index (χ2v) is 5.44. The molecule has 0 bridgehead atoms. The van der Waals surface area contributed by atoms with Crippen LogP contribution >= 0.6 is 27.3 Å². The maximum Gasteiger partial charge on any atom is 0.253 e. The van der Waals surface area contributed by atoms with Gasteiger partial charge >= 0.3 is 0 Å². The molecule has 2 heterocycles. The highest BCUT2D eigenvalue weighted by Crippen LogP contribution is 2.33. The standard InChI is InChI=1S/C9H8BrNO2S/c10-8-7-5(6(4-12)14-8)2-1-3-11-9(7)13/h4H,1-3H2,(H,11,13). The molecule has 0 aliphatic carbocycles. The number of amides is 1. The fraction of sp³-hybridized carbons (Fsp3) is 0.333. The van der Waals surface area contributed by atoms with Gasteiger partial charge in [-0.15, -0.1) is 11.3 Å². The summed E-state index contributed by atoms with van der Waals surface area (Å²) in [6.07, 6.45) is 2.51. The van der Waals surface area contributed by atoms with Crippen molar-refractivity contribution in [2.45, 2.75) is 12.8 Å². The van der Waals surface area contributed by atoms with Crippen molar-refractivity contribution in [1.29, 1.82) is 0 Å². The lowest BCUT2D eigenvalue weighted by atomic mass is 10.1. The van der Waals surface area contributed by atoms with E-state index in [2.05, 4.69) is 21.2 Å². The lowest BCUT2D eigenvalue weighted by Crippen LogP contribution is -2.22. The van der Waals surface area contributed by atoms with E-state index < -0.39 is 0 Å². The fourth-order valence-corrected chi connectivity index (χ4v) is 3.41. The van der Waals surface area contributed by atoms with Crippen LogP contribution in [0.3, 0.4) is 0 Å². The Labute approximate surface area is 93.6 Å². The van der Waals surface area contributed by atoms with Crippen molar-refractivity contribution in [3.8, 4) is 0 Å². The minimum atomic E-state index is -0.0753. The Morgan fingerprint density at radius 2 is 2.29 bits per heavy atom. The zero-order valence-corrected chi connectivity index (χ0v) is 9.70. The third-order valence-corrected chi connectivity index (χ3v) is 4.05. The number of nitrogens with one attached hydrogen (secondary N) is 1. The van der Waals surface area contributed by atoms with Crippen molar-refractivity contribution < 1.29 is 9.59 Å². The van der Waals surface area contributed by atoms with Gasteiger partial charge in [0.2, 0.25) is 0 Å². The van der Waals surface area contributed by atoms with E-state index in [0.29, 0.717) is 17.0 Å². The lowest BCUT2D eigenvalue weighted by molar-refractivity contribution is 0.0955. The third-order valence-electron chi connectivity index (χ3n) is 2.22. The highest BCUT2D eigenvalue weighted by molar-refractivity contribution is 9.11. The Bertz CT molecular complexity index is 400. The number of halogens is 1. The summed E-state index contributed by atoms with van der Waals surface area (Å²) in [6.45, 7) is 0.683. The molecule has 1 aromatic rings. The van der Waals surface area contributed by atoms with E-state index >= 15 is 0 Å². The Balaban J connectivity index is 2.59. The molecule has 0 radical (unpaired) electrons. The van der Waals surface area contributed by atoms with Gasteiger partial charge in [0, 0.05) is 6.54 Å². The molecular formula is C9H8BrNO2S. The van der Waals surface area contributed by atoms with Crippen LogP contribution < -0.4 is 5.32 Å². The number of thiophene rings is 1. The molecule has 0 atom stereocenters. The summed E-state index contributed by atoms with van der Waals surface area (Å²) >= 11 is 4.65.